The first-order valence-electron chi connectivity index (χ1n) is 4.97. The minimum absolute atomic E-state index is 0.203. The summed E-state index contributed by atoms with van der Waals surface area (Å²) in [5.41, 5.74) is 7.38. The van der Waals surface area contributed by atoms with Crippen molar-refractivity contribution in [1.82, 2.24) is 4.98 Å². The van der Waals surface area contributed by atoms with Crippen LogP contribution in [-0.2, 0) is 6.42 Å². The highest BCUT2D eigenvalue weighted by molar-refractivity contribution is 5.04. The van der Waals surface area contributed by atoms with Gasteiger partial charge in [0.05, 0.1) is 0 Å². The fourth-order valence-electron chi connectivity index (χ4n) is 1.58. The molecule has 0 bridgehead atoms. The molecule has 2 nitrogen and oxygen atoms in total. The van der Waals surface area contributed by atoms with Crippen molar-refractivity contribution < 1.29 is 0 Å². The van der Waals surface area contributed by atoms with Crippen molar-refractivity contribution in [1.29, 1.82) is 0 Å². The topological polar surface area (TPSA) is 38.9 Å². The van der Waals surface area contributed by atoms with Crippen molar-refractivity contribution in [2.75, 3.05) is 0 Å². The summed E-state index contributed by atoms with van der Waals surface area (Å²) >= 11 is 0. The monoisotopic (exact) mass is 176 g/mol. The number of hydrogen-bond donors (Lipinski definition) is 1. The van der Waals surface area contributed by atoms with Crippen LogP contribution in [0.15, 0.2) is 24.4 Å². The minimum atomic E-state index is 0.203. The molecule has 1 fully saturated rings. The highest BCUT2D eigenvalue weighted by atomic mass is 14.8. The van der Waals surface area contributed by atoms with Crippen molar-refractivity contribution in [2.45, 2.75) is 37.6 Å². The van der Waals surface area contributed by atoms with Gasteiger partial charge >= 0.3 is 0 Å². The van der Waals surface area contributed by atoms with Gasteiger partial charge in [0.25, 0.3) is 0 Å². The molecule has 2 rings (SSSR count). The third-order valence-corrected chi connectivity index (χ3v) is 2.73. The first-order chi connectivity index (χ1) is 6.29. The van der Waals surface area contributed by atoms with Gasteiger partial charge in [0.15, 0.2) is 0 Å². The van der Waals surface area contributed by atoms with E-state index >= 15 is 0 Å². The SMILES string of the molecule is NC1(CCCc2ccccn2)CC1. The van der Waals surface area contributed by atoms with Crippen LogP contribution in [0.5, 0.6) is 0 Å². The predicted octanol–water partition coefficient (Wildman–Crippen LogP) is 1.90. The normalized spacial score (nSPS) is 18.5. The Kier molecular flexibility index (Phi) is 2.32. The summed E-state index contributed by atoms with van der Waals surface area (Å²) in [6, 6.07) is 6.07. The van der Waals surface area contributed by atoms with Crippen molar-refractivity contribution in [3.8, 4) is 0 Å². The van der Waals surface area contributed by atoms with Gasteiger partial charge < -0.3 is 5.73 Å². The molecule has 0 saturated heterocycles. The second kappa shape index (κ2) is 3.46. The van der Waals surface area contributed by atoms with E-state index in [4.69, 9.17) is 5.73 Å². The fraction of sp³-hybridized carbons (Fsp3) is 0.545. The van der Waals surface area contributed by atoms with Gasteiger partial charge in [-0.2, -0.15) is 0 Å². The smallest absolute Gasteiger partial charge is 0.0403 e. The van der Waals surface area contributed by atoms with Crippen molar-refractivity contribution in [3.05, 3.63) is 30.1 Å². The van der Waals surface area contributed by atoms with E-state index in [0.717, 1.165) is 12.8 Å². The van der Waals surface area contributed by atoms with Crippen molar-refractivity contribution in [3.63, 3.8) is 0 Å². The molecule has 2 N–H and O–H groups in total. The van der Waals surface area contributed by atoms with Crippen LogP contribution in [0.3, 0.4) is 0 Å². The van der Waals surface area contributed by atoms with Crippen LogP contribution < -0.4 is 5.73 Å². The second-order valence-electron chi connectivity index (χ2n) is 4.04. The number of rotatable bonds is 4. The highest BCUT2D eigenvalue weighted by Crippen LogP contribution is 2.36. The average Bonchev–Trinajstić information content (AvgIpc) is 2.86. The average molecular weight is 176 g/mol. The molecule has 1 aromatic rings. The summed E-state index contributed by atoms with van der Waals surface area (Å²) in [7, 11) is 0. The van der Waals surface area contributed by atoms with E-state index < -0.39 is 0 Å². The summed E-state index contributed by atoms with van der Waals surface area (Å²) in [6.45, 7) is 0. The molecule has 0 aromatic carbocycles. The fourth-order valence-corrected chi connectivity index (χ4v) is 1.58. The highest BCUT2D eigenvalue weighted by Gasteiger charge is 2.36. The number of hydrogen-bond acceptors (Lipinski definition) is 2. The van der Waals surface area contributed by atoms with Crippen LogP contribution in [-0.4, -0.2) is 10.5 Å². The van der Waals surface area contributed by atoms with Gasteiger partial charge in [0.2, 0.25) is 0 Å². The number of aromatic nitrogens is 1. The Labute approximate surface area is 79.2 Å². The molecule has 0 spiro atoms. The molecule has 70 valence electrons. The Hall–Kier alpha value is -0.890. The van der Waals surface area contributed by atoms with Gasteiger partial charge in [0.1, 0.15) is 0 Å². The lowest BCUT2D eigenvalue weighted by atomic mass is 10.1. The number of nitrogens with two attached hydrogens (primary N) is 1. The Bertz CT molecular complexity index is 265. The molecule has 1 aliphatic rings. The first-order valence-corrected chi connectivity index (χ1v) is 4.97. The van der Waals surface area contributed by atoms with Gasteiger partial charge in [-0.15, -0.1) is 0 Å². The molecule has 1 saturated carbocycles. The van der Waals surface area contributed by atoms with E-state index in [0.29, 0.717) is 0 Å². The lowest BCUT2D eigenvalue weighted by Crippen LogP contribution is -2.21. The first kappa shape index (κ1) is 8.70. The summed E-state index contributed by atoms with van der Waals surface area (Å²) in [4.78, 5) is 4.28. The Morgan fingerprint density at radius 2 is 2.23 bits per heavy atom. The molecule has 0 radical (unpaired) electrons. The molecular weight excluding hydrogens is 160 g/mol. The Morgan fingerprint density at radius 3 is 2.85 bits per heavy atom. The second-order valence-corrected chi connectivity index (χ2v) is 4.04. The van der Waals surface area contributed by atoms with E-state index in [1.54, 1.807) is 0 Å². The summed E-state index contributed by atoms with van der Waals surface area (Å²) in [5, 5.41) is 0. The van der Waals surface area contributed by atoms with E-state index in [2.05, 4.69) is 11.1 Å². The van der Waals surface area contributed by atoms with Crippen LogP contribution in [0, 0.1) is 0 Å². The molecular formula is C11H16N2. The molecule has 2 heteroatoms. The third kappa shape index (κ3) is 2.52. The molecule has 1 aromatic heterocycles. The zero-order chi connectivity index (χ0) is 9.15. The van der Waals surface area contributed by atoms with E-state index in [9.17, 15) is 0 Å². The lowest BCUT2D eigenvalue weighted by molar-refractivity contribution is 0.573. The van der Waals surface area contributed by atoms with Crippen molar-refractivity contribution >= 4 is 0 Å². The maximum Gasteiger partial charge on any atom is 0.0403 e. The maximum atomic E-state index is 5.99. The zero-order valence-electron chi connectivity index (χ0n) is 7.87. The molecule has 0 atom stereocenters. The quantitative estimate of drug-likeness (QED) is 0.761. The molecule has 0 amide bonds. The summed E-state index contributed by atoms with van der Waals surface area (Å²) in [5.74, 6) is 0. The van der Waals surface area contributed by atoms with Gasteiger partial charge in [-0.25, -0.2) is 0 Å². The Balaban J connectivity index is 1.74. The number of aryl methyl sites for hydroxylation is 1. The van der Waals surface area contributed by atoms with Gasteiger partial charge in [-0.1, -0.05) is 6.07 Å². The minimum Gasteiger partial charge on any atom is -0.325 e. The molecule has 13 heavy (non-hydrogen) atoms. The van der Waals surface area contributed by atoms with E-state index in [1.165, 1.54) is 25.0 Å². The van der Waals surface area contributed by atoms with Gasteiger partial charge in [0, 0.05) is 17.4 Å². The zero-order valence-corrected chi connectivity index (χ0v) is 7.87. The van der Waals surface area contributed by atoms with Crippen molar-refractivity contribution in [2.24, 2.45) is 5.73 Å². The van der Waals surface area contributed by atoms with Crippen LogP contribution in [0.1, 0.15) is 31.4 Å². The van der Waals surface area contributed by atoms with Crippen LogP contribution in [0.25, 0.3) is 0 Å². The largest absolute Gasteiger partial charge is 0.325 e. The summed E-state index contributed by atoms with van der Waals surface area (Å²) in [6.07, 6.45) is 7.69. The van der Waals surface area contributed by atoms with Gasteiger partial charge in [-0.3, -0.25) is 4.98 Å². The number of nitrogens with zero attached hydrogens (tertiary/aromatic N) is 1. The number of pyridine rings is 1. The van der Waals surface area contributed by atoms with Crippen LogP contribution in [0.4, 0.5) is 0 Å². The molecule has 1 heterocycles. The third-order valence-electron chi connectivity index (χ3n) is 2.73. The summed E-state index contributed by atoms with van der Waals surface area (Å²) < 4.78 is 0. The lowest BCUT2D eigenvalue weighted by Gasteiger charge is -2.06. The van der Waals surface area contributed by atoms with Crippen LogP contribution >= 0.6 is 0 Å². The van der Waals surface area contributed by atoms with E-state index in [1.807, 2.05) is 18.3 Å². The van der Waals surface area contributed by atoms with Crippen LogP contribution in [0.2, 0.25) is 0 Å². The molecule has 0 unspecified atom stereocenters. The maximum absolute atomic E-state index is 5.99. The van der Waals surface area contributed by atoms with E-state index in [-0.39, 0.29) is 5.54 Å². The van der Waals surface area contributed by atoms with Gasteiger partial charge in [-0.05, 0) is 44.2 Å². The molecule has 1 aliphatic carbocycles. The predicted molar refractivity (Wildman–Crippen MR) is 53.3 cm³/mol. The standard InChI is InChI=1S/C11H16N2/c12-11(7-8-11)6-3-5-10-4-1-2-9-13-10/h1-2,4,9H,3,5-8,12H2. The molecule has 0 aliphatic heterocycles. The Morgan fingerprint density at radius 1 is 1.38 bits per heavy atom.